The Kier molecular flexibility index (Phi) is 5.43. The zero-order chi connectivity index (χ0) is 19.2. The third kappa shape index (κ3) is 4.09. The zero-order valence-electron chi connectivity index (χ0n) is 15.6. The van der Waals surface area contributed by atoms with E-state index in [-0.39, 0.29) is 6.03 Å². The molecular weight excluding hydrogens is 348 g/mol. The van der Waals surface area contributed by atoms with Crippen LogP contribution in [-0.2, 0) is 12.8 Å². The summed E-state index contributed by atoms with van der Waals surface area (Å²) in [5.74, 6) is 0. The van der Waals surface area contributed by atoms with Crippen molar-refractivity contribution in [3.8, 4) is 0 Å². The van der Waals surface area contributed by atoms with E-state index >= 15 is 0 Å². The average molecular weight is 370 g/mol. The normalized spacial score (nSPS) is 10.9. The van der Waals surface area contributed by atoms with Gasteiger partial charge in [-0.3, -0.25) is 9.97 Å². The number of hydrogen-bond acceptors (Lipinski definition) is 3. The molecule has 0 unspecified atom stereocenters. The second kappa shape index (κ2) is 8.48. The summed E-state index contributed by atoms with van der Waals surface area (Å²) in [5.41, 5.74) is 4.27. The minimum atomic E-state index is -0.151. The summed E-state index contributed by atoms with van der Waals surface area (Å²) >= 11 is 0. The van der Waals surface area contributed by atoms with Gasteiger partial charge in [0.2, 0.25) is 0 Å². The average Bonchev–Trinajstić information content (AvgIpc) is 2.74. The van der Waals surface area contributed by atoms with Crippen LogP contribution in [0.25, 0.3) is 21.8 Å². The van der Waals surface area contributed by atoms with Crippen LogP contribution < -0.4 is 10.6 Å². The molecule has 0 aliphatic carbocycles. The minimum Gasteiger partial charge on any atom is -0.338 e. The highest BCUT2D eigenvalue weighted by Crippen LogP contribution is 2.17. The van der Waals surface area contributed by atoms with E-state index in [1.807, 2.05) is 48.5 Å². The second-order valence-corrected chi connectivity index (χ2v) is 6.67. The van der Waals surface area contributed by atoms with Crippen LogP contribution in [0.15, 0.2) is 73.1 Å². The lowest BCUT2D eigenvalue weighted by Crippen LogP contribution is -2.37. The van der Waals surface area contributed by atoms with E-state index in [2.05, 4.69) is 32.7 Å². The molecule has 4 aromatic rings. The number of benzene rings is 2. The number of pyridine rings is 2. The molecule has 4 rings (SSSR count). The third-order valence-corrected chi connectivity index (χ3v) is 4.79. The SMILES string of the molecule is O=C(NCCc1cccc2cccnc12)NCCc1cccc2cccnc12. The summed E-state index contributed by atoms with van der Waals surface area (Å²) in [4.78, 5) is 21.0. The molecule has 0 radical (unpaired) electrons. The highest BCUT2D eigenvalue weighted by Gasteiger charge is 2.05. The number of rotatable bonds is 6. The first kappa shape index (κ1) is 17.9. The molecule has 2 aromatic heterocycles. The van der Waals surface area contributed by atoms with Crippen LogP contribution in [0.4, 0.5) is 4.79 Å². The van der Waals surface area contributed by atoms with Gasteiger partial charge in [-0.15, -0.1) is 0 Å². The minimum absolute atomic E-state index is 0.151. The van der Waals surface area contributed by atoms with Crippen molar-refractivity contribution >= 4 is 27.8 Å². The predicted octanol–water partition coefficient (Wildman–Crippen LogP) is 3.87. The van der Waals surface area contributed by atoms with Crippen LogP contribution in [0.1, 0.15) is 11.1 Å². The molecule has 0 fully saturated rings. The number of fused-ring (bicyclic) bond motifs is 2. The largest absolute Gasteiger partial charge is 0.338 e. The maximum Gasteiger partial charge on any atom is 0.314 e. The Hall–Kier alpha value is -3.47. The standard InChI is InChI=1S/C23H22N4O/c28-23(26-15-11-19-7-1-5-17-9-3-13-24-21(17)19)27-16-12-20-8-2-6-18-10-4-14-25-22(18)20/h1-10,13-14H,11-12,15-16H2,(H2,26,27,28). The van der Waals surface area contributed by atoms with E-state index in [9.17, 15) is 4.79 Å². The number of amides is 2. The monoisotopic (exact) mass is 370 g/mol. The molecule has 2 aromatic carbocycles. The number of carbonyl (C=O) groups is 1. The van der Waals surface area contributed by atoms with Crippen molar-refractivity contribution in [3.05, 3.63) is 84.2 Å². The number of nitrogens with one attached hydrogen (secondary N) is 2. The van der Waals surface area contributed by atoms with Gasteiger partial charge in [0, 0.05) is 36.3 Å². The number of nitrogens with zero attached hydrogens (tertiary/aromatic N) is 2. The summed E-state index contributed by atoms with van der Waals surface area (Å²) in [6, 6.07) is 20.1. The third-order valence-electron chi connectivity index (χ3n) is 4.79. The van der Waals surface area contributed by atoms with Crippen LogP contribution in [0.3, 0.4) is 0 Å². The van der Waals surface area contributed by atoms with Crippen LogP contribution in [0.5, 0.6) is 0 Å². The summed E-state index contributed by atoms with van der Waals surface area (Å²) in [7, 11) is 0. The maximum atomic E-state index is 12.1. The molecule has 2 N–H and O–H groups in total. The lowest BCUT2D eigenvalue weighted by Gasteiger charge is -2.10. The summed E-state index contributed by atoms with van der Waals surface area (Å²) in [6.45, 7) is 1.13. The lowest BCUT2D eigenvalue weighted by atomic mass is 10.1. The fourth-order valence-corrected chi connectivity index (χ4v) is 3.42. The van der Waals surface area contributed by atoms with Crippen molar-refractivity contribution in [2.45, 2.75) is 12.8 Å². The molecule has 2 amide bonds. The van der Waals surface area contributed by atoms with Gasteiger partial charge in [-0.05, 0) is 36.1 Å². The molecular formula is C23H22N4O. The number of carbonyl (C=O) groups excluding carboxylic acids is 1. The van der Waals surface area contributed by atoms with Crippen LogP contribution in [-0.4, -0.2) is 29.1 Å². The van der Waals surface area contributed by atoms with Gasteiger partial charge in [0.1, 0.15) is 0 Å². The molecule has 0 saturated heterocycles. The van der Waals surface area contributed by atoms with Gasteiger partial charge in [0.05, 0.1) is 11.0 Å². The number of hydrogen-bond donors (Lipinski definition) is 2. The van der Waals surface area contributed by atoms with Gasteiger partial charge < -0.3 is 10.6 Å². The van der Waals surface area contributed by atoms with E-state index in [1.54, 1.807) is 12.4 Å². The Morgan fingerprint density at radius 3 is 1.64 bits per heavy atom. The smallest absolute Gasteiger partial charge is 0.314 e. The molecule has 0 atom stereocenters. The Morgan fingerprint density at radius 2 is 1.14 bits per heavy atom. The number of urea groups is 1. The molecule has 0 bridgehead atoms. The van der Waals surface area contributed by atoms with E-state index in [1.165, 1.54) is 0 Å². The molecule has 28 heavy (non-hydrogen) atoms. The van der Waals surface area contributed by atoms with Crippen molar-refractivity contribution in [1.29, 1.82) is 0 Å². The fraction of sp³-hybridized carbons (Fsp3) is 0.174. The van der Waals surface area contributed by atoms with Crippen LogP contribution in [0, 0.1) is 0 Å². The van der Waals surface area contributed by atoms with Crippen LogP contribution in [0.2, 0.25) is 0 Å². The molecule has 0 saturated carbocycles. The van der Waals surface area contributed by atoms with Crippen molar-refractivity contribution < 1.29 is 4.79 Å². The fourth-order valence-electron chi connectivity index (χ4n) is 3.42. The molecule has 5 heteroatoms. The van der Waals surface area contributed by atoms with Gasteiger partial charge in [-0.1, -0.05) is 48.5 Å². The van der Waals surface area contributed by atoms with E-state index in [0.29, 0.717) is 13.1 Å². The molecule has 0 spiro atoms. The number of para-hydroxylation sites is 2. The molecule has 2 heterocycles. The van der Waals surface area contributed by atoms with Crippen molar-refractivity contribution in [2.75, 3.05) is 13.1 Å². The Morgan fingerprint density at radius 1 is 0.679 bits per heavy atom. The van der Waals surface area contributed by atoms with Crippen LogP contribution >= 0.6 is 0 Å². The molecule has 140 valence electrons. The van der Waals surface area contributed by atoms with Gasteiger partial charge in [-0.2, -0.15) is 0 Å². The molecule has 0 aliphatic heterocycles. The predicted molar refractivity (Wildman–Crippen MR) is 112 cm³/mol. The first-order valence-corrected chi connectivity index (χ1v) is 9.48. The van der Waals surface area contributed by atoms with Gasteiger partial charge >= 0.3 is 6.03 Å². The van der Waals surface area contributed by atoms with Gasteiger partial charge in [0.15, 0.2) is 0 Å². The van der Waals surface area contributed by atoms with E-state index in [0.717, 1.165) is 45.8 Å². The van der Waals surface area contributed by atoms with Gasteiger partial charge in [0.25, 0.3) is 0 Å². The Balaban J connectivity index is 1.27. The summed E-state index contributed by atoms with van der Waals surface area (Å²) in [6.07, 6.45) is 5.09. The second-order valence-electron chi connectivity index (χ2n) is 6.67. The lowest BCUT2D eigenvalue weighted by molar-refractivity contribution is 0.241. The van der Waals surface area contributed by atoms with Crippen molar-refractivity contribution in [1.82, 2.24) is 20.6 Å². The quantitative estimate of drug-likeness (QED) is 0.541. The molecule has 5 nitrogen and oxygen atoms in total. The highest BCUT2D eigenvalue weighted by atomic mass is 16.2. The first-order chi connectivity index (χ1) is 13.8. The van der Waals surface area contributed by atoms with Crippen molar-refractivity contribution in [3.63, 3.8) is 0 Å². The zero-order valence-corrected chi connectivity index (χ0v) is 15.6. The maximum absolute atomic E-state index is 12.1. The van der Waals surface area contributed by atoms with E-state index < -0.39 is 0 Å². The topological polar surface area (TPSA) is 66.9 Å². The van der Waals surface area contributed by atoms with Gasteiger partial charge in [-0.25, -0.2) is 4.79 Å². The Labute approximate surface area is 163 Å². The summed E-state index contributed by atoms with van der Waals surface area (Å²) in [5, 5.41) is 8.09. The Bertz CT molecular complexity index is 1010. The van der Waals surface area contributed by atoms with E-state index in [4.69, 9.17) is 0 Å². The number of aromatic nitrogens is 2. The molecule has 0 aliphatic rings. The first-order valence-electron chi connectivity index (χ1n) is 9.48. The summed E-state index contributed by atoms with van der Waals surface area (Å²) < 4.78 is 0. The highest BCUT2D eigenvalue weighted by molar-refractivity contribution is 5.82. The van der Waals surface area contributed by atoms with Crippen molar-refractivity contribution in [2.24, 2.45) is 0 Å².